The molecule has 2 aromatic rings. The van der Waals surface area contributed by atoms with Crippen molar-refractivity contribution in [2.75, 3.05) is 21.3 Å². The van der Waals surface area contributed by atoms with Gasteiger partial charge in [0.05, 0.1) is 50.5 Å². The molecule has 27 heavy (non-hydrogen) atoms. The van der Waals surface area contributed by atoms with E-state index < -0.39 is 4.92 Å². The molecule has 0 bridgehead atoms. The van der Waals surface area contributed by atoms with Crippen LogP contribution in [0.3, 0.4) is 0 Å². The average Bonchev–Trinajstić information content (AvgIpc) is 2.67. The number of nitro benzene ring substituents is 1. The van der Waals surface area contributed by atoms with Gasteiger partial charge >= 0.3 is 0 Å². The summed E-state index contributed by atoms with van der Waals surface area (Å²) in [6, 6.07) is 9.68. The number of hydrogen-bond acceptors (Lipinski definition) is 7. The summed E-state index contributed by atoms with van der Waals surface area (Å²) in [4.78, 5) is 22.6. The molecule has 0 unspecified atom stereocenters. The number of nitrogens with zero attached hydrogens (tertiary/aromatic N) is 2. The first-order chi connectivity index (χ1) is 13.0. The van der Waals surface area contributed by atoms with Crippen LogP contribution in [0.4, 0.5) is 5.69 Å². The lowest BCUT2D eigenvalue weighted by Gasteiger charge is -2.08. The lowest BCUT2D eigenvalue weighted by molar-refractivity contribution is -0.385. The number of benzene rings is 2. The minimum Gasteiger partial charge on any atom is -0.497 e. The average molecular weight is 373 g/mol. The predicted octanol–water partition coefficient (Wildman–Crippen LogP) is 2.31. The van der Waals surface area contributed by atoms with Crippen LogP contribution >= 0.6 is 0 Å². The lowest BCUT2D eigenvalue weighted by atomic mass is 10.1. The maximum absolute atomic E-state index is 12.0. The fourth-order valence-corrected chi connectivity index (χ4v) is 2.29. The Morgan fingerprint density at radius 2 is 1.74 bits per heavy atom. The van der Waals surface area contributed by atoms with Gasteiger partial charge in [0.25, 0.3) is 5.69 Å². The van der Waals surface area contributed by atoms with Gasteiger partial charge in [-0.15, -0.1) is 0 Å². The van der Waals surface area contributed by atoms with Crippen molar-refractivity contribution < 1.29 is 23.9 Å². The number of carbonyl (C=O) groups excluding carboxylic acids is 1. The van der Waals surface area contributed by atoms with Crippen molar-refractivity contribution in [1.82, 2.24) is 5.43 Å². The number of nitrogens with one attached hydrogen (secondary N) is 1. The van der Waals surface area contributed by atoms with Crippen LogP contribution in [-0.2, 0) is 11.2 Å². The molecule has 1 N–H and O–H groups in total. The first-order valence-electron chi connectivity index (χ1n) is 7.83. The molecule has 0 aromatic heterocycles. The Balaban J connectivity index is 2.09. The van der Waals surface area contributed by atoms with E-state index in [0.717, 1.165) is 5.56 Å². The van der Waals surface area contributed by atoms with Gasteiger partial charge in [-0.2, -0.15) is 5.10 Å². The van der Waals surface area contributed by atoms with E-state index in [2.05, 4.69) is 10.5 Å². The second-order valence-corrected chi connectivity index (χ2v) is 5.34. The smallest absolute Gasteiger partial charge is 0.282 e. The number of hydrazone groups is 1. The molecular formula is C18H19N3O6. The molecule has 9 heteroatoms. The molecule has 2 rings (SSSR count). The Labute approximate surface area is 155 Å². The first-order valence-corrected chi connectivity index (χ1v) is 7.83. The van der Waals surface area contributed by atoms with E-state index >= 15 is 0 Å². The summed E-state index contributed by atoms with van der Waals surface area (Å²) in [6.45, 7) is 0. The summed E-state index contributed by atoms with van der Waals surface area (Å²) in [5.74, 6) is 0.872. The van der Waals surface area contributed by atoms with Crippen molar-refractivity contribution in [3.63, 3.8) is 0 Å². The second-order valence-electron chi connectivity index (χ2n) is 5.34. The van der Waals surface area contributed by atoms with Gasteiger partial charge < -0.3 is 14.2 Å². The van der Waals surface area contributed by atoms with Gasteiger partial charge in [0.2, 0.25) is 5.91 Å². The molecular weight excluding hydrogens is 354 g/mol. The molecule has 0 heterocycles. The minimum absolute atomic E-state index is 0.107. The number of hydrogen-bond donors (Lipinski definition) is 1. The second kappa shape index (κ2) is 9.18. The van der Waals surface area contributed by atoms with Crippen molar-refractivity contribution in [2.24, 2.45) is 5.10 Å². The minimum atomic E-state index is -0.567. The molecule has 9 nitrogen and oxygen atoms in total. The first kappa shape index (κ1) is 19.7. The largest absolute Gasteiger partial charge is 0.497 e. The zero-order valence-corrected chi connectivity index (χ0v) is 15.1. The quantitative estimate of drug-likeness (QED) is 0.432. The van der Waals surface area contributed by atoms with Crippen molar-refractivity contribution in [3.05, 3.63) is 57.6 Å². The summed E-state index contributed by atoms with van der Waals surface area (Å²) in [6.07, 6.45) is 1.29. The van der Waals surface area contributed by atoms with Crippen molar-refractivity contribution in [3.8, 4) is 17.2 Å². The van der Waals surface area contributed by atoms with Crippen LogP contribution in [-0.4, -0.2) is 38.4 Å². The lowest BCUT2D eigenvalue weighted by Crippen LogP contribution is -2.19. The topological polar surface area (TPSA) is 112 Å². The molecule has 0 aliphatic carbocycles. The maximum Gasteiger partial charge on any atom is 0.282 e. The molecule has 1 amide bonds. The number of methoxy groups -OCH3 is 3. The van der Waals surface area contributed by atoms with Gasteiger partial charge in [-0.05, 0) is 23.8 Å². The molecule has 0 saturated heterocycles. The number of ether oxygens (including phenoxy) is 3. The van der Waals surface area contributed by atoms with E-state index in [0.29, 0.717) is 11.5 Å². The zero-order valence-electron chi connectivity index (χ0n) is 15.1. The highest BCUT2D eigenvalue weighted by Crippen LogP contribution is 2.33. The molecule has 0 radical (unpaired) electrons. The number of rotatable bonds is 8. The van der Waals surface area contributed by atoms with Crippen LogP contribution in [0.5, 0.6) is 17.2 Å². The Morgan fingerprint density at radius 3 is 2.30 bits per heavy atom. The van der Waals surface area contributed by atoms with E-state index in [1.807, 2.05) is 0 Å². The van der Waals surface area contributed by atoms with E-state index in [-0.39, 0.29) is 29.3 Å². The molecule has 0 saturated carbocycles. The molecule has 0 spiro atoms. The van der Waals surface area contributed by atoms with E-state index in [1.54, 1.807) is 31.4 Å². The number of amides is 1. The third kappa shape index (κ3) is 5.18. The highest BCUT2D eigenvalue weighted by molar-refractivity contribution is 5.88. The number of carbonyl (C=O) groups is 1. The molecule has 0 fully saturated rings. The molecule has 142 valence electrons. The van der Waals surface area contributed by atoms with Crippen molar-refractivity contribution >= 4 is 17.8 Å². The van der Waals surface area contributed by atoms with E-state index in [1.165, 1.54) is 32.6 Å². The predicted molar refractivity (Wildman–Crippen MR) is 98.6 cm³/mol. The van der Waals surface area contributed by atoms with Gasteiger partial charge in [-0.1, -0.05) is 12.1 Å². The normalized spacial score (nSPS) is 10.5. The third-order valence-corrected chi connectivity index (χ3v) is 3.65. The van der Waals surface area contributed by atoms with Crippen LogP contribution in [0, 0.1) is 10.1 Å². The van der Waals surface area contributed by atoms with Crippen molar-refractivity contribution in [2.45, 2.75) is 6.42 Å². The van der Waals surface area contributed by atoms with Gasteiger partial charge in [-0.25, -0.2) is 5.43 Å². The van der Waals surface area contributed by atoms with E-state index in [4.69, 9.17) is 14.2 Å². The highest BCUT2D eigenvalue weighted by atomic mass is 16.6. The Morgan fingerprint density at radius 1 is 1.11 bits per heavy atom. The third-order valence-electron chi connectivity index (χ3n) is 3.65. The van der Waals surface area contributed by atoms with Gasteiger partial charge in [0.1, 0.15) is 5.75 Å². The summed E-state index contributed by atoms with van der Waals surface area (Å²) < 4.78 is 15.2. The SMILES string of the molecule is COc1ccc(CC(=O)NN=Cc2cc(OC)c(OC)cc2[N+](=O)[O-])cc1. The van der Waals surface area contributed by atoms with Gasteiger partial charge in [0.15, 0.2) is 11.5 Å². The Bertz CT molecular complexity index is 849. The van der Waals surface area contributed by atoms with Crippen LogP contribution in [0.1, 0.15) is 11.1 Å². The molecule has 0 aliphatic rings. The summed E-state index contributed by atoms with van der Waals surface area (Å²) in [5, 5.41) is 15.0. The van der Waals surface area contributed by atoms with Gasteiger partial charge in [-0.3, -0.25) is 14.9 Å². The fourth-order valence-electron chi connectivity index (χ4n) is 2.29. The van der Waals surface area contributed by atoms with Crippen molar-refractivity contribution in [1.29, 1.82) is 0 Å². The van der Waals surface area contributed by atoms with Gasteiger partial charge in [0, 0.05) is 0 Å². The maximum atomic E-state index is 12.0. The number of nitro groups is 1. The summed E-state index contributed by atoms with van der Waals surface area (Å²) in [7, 11) is 4.36. The highest BCUT2D eigenvalue weighted by Gasteiger charge is 2.18. The monoisotopic (exact) mass is 373 g/mol. The zero-order chi connectivity index (χ0) is 19.8. The summed E-state index contributed by atoms with van der Waals surface area (Å²) >= 11 is 0. The van der Waals surface area contributed by atoms with Crippen LogP contribution in [0.2, 0.25) is 0 Å². The fraction of sp³-hybridized carbons (Fsp3) is 0.222. The molecule has 0 aliphatic heterocycles. The Kier molecular flexibility index (Phi) is 6.70. The molecule has 0 atom stereocenters. The standard InChI is InChI=1S/C18H19N3O6/c1-25-14-6-4-12(5-7-14)8-18(22)20-19-11-13-9-16(26-2)17(27-3)10-15(13)21(23)24/h4-7,9-11H,8H2,1-3H3,(H,20,22). The van der Waals surface area contributed by atoms with Crippen LogP contribution in [0.25, 0.3) is 0 Å². The molecule has 2 aromatic carbocycles. The Hall–Kier alpha value is -3.62. The summed E-state index contributed by atoms with van der Waals surface area (Å²) in [5.41, 5.74) is 3.07. The van der Waals surface area contributed by atoms with Crippen LogP contribution in [0.15, 0.2) is 41.5 Å². The van der Waals surface area contributed by atoms with E-state index in [9.17, 15) is 14.9 Å². The van der Waals surface area contributed by atoms with Crippen LogP contribution < -0.4 is 19.6 Å².